The summed E-state index contributed by atoms with van der Waals surface area (Å²) in [6.45, 7) is 11.7. The van der Waals surface area contributed by atoms with Crippen LogP contribution in [0.2, 0.25) is 0 Å². The molecule has 0 radical (unpaired) electrons. The zero-order valence-corrected chi connectivity index (χ0v) is 12.5. The topological polar surface area (TPSA) is 49.4 Å². The molecule has 1 atom stereocenters. The van der Waals surface area contributed by atoms with Crippen LogP contribution in [0.4, 0.5) is 0 Å². The van der Waals surface area contributed by atoms with E-state index in [2.05, 4.69) is 12.2 Å². The molecule has 0 spiro atoms. The standard InChI is InChI=1S/C14H26N2O2/c1-7-9-13(3,4)16-10(8-2)11(17)15-14(5,6)12(16)18/h10H,7-9H2,1-6H3,(H,15,17). The van der Waals surface area contributed by atoms with Gasteiger partial charge in [0.05, 0.1) is 0 Å². The molecule has 1 N–H and O–H groups in total. The molecule has 1 unspecified atom stereocenters. The molecule has 1 aliphatic heterocycles. The molecular formula is C14H26N2O2. The van der Waals surface area contributed by atoms with Gasteiger partial charge >= 0.3 is 0 Å². The van der Waals surface area contributed by atoms with Crippen molar-refractivity contribution in [2.45, 2.75) is 77.9 Å². The molecule has 18 heavy (non-hydrogen) atoms. The molecule has 1 aliphatic rings. The molecule has 104 valence electrons. The fourth-order valence-corrected chi connectivity index (χ4v) is 2.80. The highest BCUT2D eigenvalue weighted by Crippen LogP contribution is 2.30. The van der Waals surface area contributed by atoms with Crippen molar-refractivity contribution in [1.82, 2.24) is 10.2 Å². The Morgan fingerprint density at radius 1 is 1.28 bits per heavy atom. The summed E-state index contributed by atoms with van der Waals surface area (Å²) in [7, 11) is 0. The molecule has 0 aromatic heterocycles. The first-order chi connectivity index (χ1) is 8.17. The minimum Gasteiger partial charge on any atom is -0.340 e. The van der Waals surface area contributed by atoms with Crippen molar-refractivity contribution < 1.29 is 9.59 Å². The Bertz CT molecular complexity index is 348. The van der Waals surface area contributed by atoms with Gasteiger partial charge in [0.25, 0.3) is 0 Å². The van der Waals surface area contributed by atoms with Crippen LogP contribution in [0.5, 0.6) is 0 Å². The van der Waals surface area contributed by atoms with E-state index in [0.29, 0.717) is 6.42 Å². The number of nitrogens with zero attached hydrogens (tertiary/aromatic N) is 1. The quantitative estimate of drug-likeness (QED) is 0.835. The zero-order chi connectivity index (χ0) is 14.1. The minimum absolute atomic E-state index is 0.0207. The lowest BCUT2D eigenvalue weighted by Crippen LogP contribution is -2.72. The molecule has 0 aliphatic carbocycles. The lowest BCUT2D eigenvalue weighted by molar-refractivity contribution is -0.160. The van der Waals surface area contributed by atoms with E-state index in [1.165, 1.54) is 0 Å². The Morgan fingerprint density at radius 3 is 2.28 bits per heavy atom. The minimum atomic E-state index is -0.798. The van der Waals surface area contributed by atoms with E-state index in [0.717, 1.165) is 12.8 Å². The van der Waals surface area contributed by atoms with Crippen LogP contribution in [0.1, 0.15) is 60.8 Å². The first-order valence-electron chi connectivity index (χ1n) is 6.83. The number of carbonyl (C=O) groups excluding carboxylic acids is 2. The average Bonchev–Trinajstić information content (AvgIpc) is 2.21. The van der Waals surface area contributed by atoms with Crippen LogP contribution in [0, 0.1) is 0 Å². The van der Waals surface area contributed by atoms with Gasteiger partial charge in [-0.15, -0.1) is 0 Å². The van der Waals surface area contributed by atoms with E-state index in [-0.39, 0.29) is 23.4 Å². The molecule has 0 bridgehead atoms. The summed E-state index contributed by atoms with van der Waals surface area (Å²) < 4.78 is 0. The number of nitrogens with one attached hydrogen (secondary N) is 1. The number of carbonyl (C=O) groups is 2. The SMILES string of the molecule is CCCC(C)(C)N1C(=O)C(C)(C)NC(=O)C1CC. The lowest BCUT2D eigenvalue weighted by Gasteiger charge is -2.50. The van der Waals surface area contributed by atoms with Gasteiger partial charge in [0.15, 0.2) is 0 Å². The molecule has 1 heterocycles. The van der Waals surface area contributed by atoms with Gasteiger partial charge in [-0.1, -0.05) is 20.3 Å². The monoisotopic (exact) mass is 254 g/mol. The number of hydrogen-bond acceptors (Lipinski definition) is 2. The zero-order valence-electron chi connectivity index (χ0n) is 12.5. The van der Waals surface area contributed by atoms with Gasteiger partial charge in [-0.25, -0.2) is 0 Å². The number of piperazine rings is 1. The second-order valence-corrected chi connectivity index (χ2v) is 6.28. The van der Waals surface area contributed by atoms with Gasteiger partial charge in [-0.2, -0.15) is 0 Å². The summed E-state index contributed by atoms with van der Waals surface area (Å²) in [4.78, 5) is 26.5. The van der Waals surface area contributed by atoms with E-state index in [9.17, 15) is 9.59 Å². The van der Waals surface area contributed by atoms with E-state index in [1.54, 1.807) is 18.7 Å². The molecule has 0 saturated carbocycles. The van der Waals surface area contributed by atoms with Gasteiger partial charge in [0.2, 0.25) is 11.8 Å². The Labute approximate surface area is 110 Å². The van der Waals surface area contributed by atoms with Crippen molar-refractivity contribution in [3.63, 3.8) is 0 Å². The number of hydrogen-bond donors (Lipinski definition) is 1. The Balaban J connectivity index is 3.16. The third kappa shape index (κ3) is 2.52. The fourth-order valence-electron chi connectivity index (χ4n) is 2.80. The van der Waals surface area contributed by atoms with E-state index in [4.69, 9.17) is 0 Å². The summed E-state index contributed by atoms with van der Waals surface area (Å²) in [6, 6.07) is -0.341. The van der Waals surface area contributed by atoms with Crippen molar-refractivity contribution in [1.29, 1.82) is 0 Å². The average molecular weight is 254 g/mol. The van der Waals surface area contributed by atoms with Gasteiger partial charge < -0.3 is 10.2 Å². The Kier molecular flexibility index (Phi) is 4.08. The first-order valence-corrected chi connectivity index (χ1v) is 6.83. The lowest BCUT2D eigenvalue weighted by atomic mass is 9.87. The van der Waals surface area contributed by atoms with Crippen LogP contribution >= 0.6 is 0 Å². The molecular weight excluding hydrogens is 228 g/mol. The maximum atomic E-state index is 12.6. The summed E-state index contributed by atoms with van der Waals surface area (Å²) in [5.74, 6) is -0.0151. The highest BCUT2D eigenvalue weighted by atomic mass is 16.2. The van der Waals surface area contributed by atoms with Crippen molar-refractivity contribution in [3.05, 3.63) is 0 Å². The molecule has 1 rings (SSSR count). The van der Waals surface area contributed by atoms with Crippen molar-refractivity contribution in [2.75, 3.05) is 0 Å². The van der Waals surface area contributed by atoms with Gasteiger partial charge in [0.1, 0.15) is 11.6 Å². The third-order valence-electron chi connectivity index (χ3n) is 3.70. The Morgan fingerprint density at radius 2 is 1.83 bits per heavy atom. The predicted molar refractivity (Wildman–Crippen MR) is 72.1 cm³/mol. The maximum absolute atomic E-state index is 12.6. The Hall–Kier alpha value is -1.06. The van der Waals surface area contributed by atoms with Crippen LogP contribution in [0.25, 0.3) is 0 Å². The van der Waals surface area contributed by atoms with E-state index >= 15 is 0 Å². The van der Waals surface area contributed by atoms with E-state index in [1.807, 2.05) is 20.8 Å². The van der Waals surface area contributed by atoms with Crippen molar-refractivity contribution >= 4 is 11.8 Å². The molecule has 0 aromatic rings. The van der Waals surface area contributed by atoms with Crippen LogP contribution in [-0.4, -0.2) is 33.8 Å². The molecule has 4 nitrogen and oxygen atoms in total. The van der Waals surface area contributed by atoms with Crippen LogP contribution in [0.3, 0.4) is 0 Å². The fraction of sp³-hybridized carbons (Fsp3) is 0.857. The summed E-state index contributed by atoms with van der Waals surface area (Å²) in [5.41, 5.74) is -1.07. The molecule has 1 saturated heterocycles. The molecule has 4 heteroatoms. The maximum Gasteiger partial charge on any atom is 0.248 e. The van der Waals surface area contributed by atoms with Gasteiger partial charge in [-0.05, 0) is 40.5 Å². The highest BCUT2D eigenvalue weighted by molar-refractivity contribution is 5.99. The van der Waals surface area contributed by atoms with Gasteiger partial charge in [0, 0.05) is 5.54 Å². The number of amides is 2. The summed E-state index contributed by atoms with van der Waals surface area (Å²) in [5, 5.41) is 2.82. The second-order valence-electron chi connectivity index (χ2n) is 6.28. The number of rotatable bonds is 4. The molecule has 1 fully saturated rings. The van der Waals surface area contributed by atoms with Gasteiger partial charge in [-0.3, -0.25) is 9.59 Å². The highest BCUT2D eigenvalue weighted by Gasteiger charge is 2.49. The van der Waals surface area contributed by atoms with Crippen LogP contribution in [0.15, 0.2) is 0 Å². The van der Waals surface area contributed by atoms with Crippen molar-refractivity contribution in [3.8, 4) is 0 Å². The molecule has 2 amide bonds. The smallest absolute Gasteiger partial charge is 0.248 e. The largest absolute Gasteiger partial charge is 0.340 e. The predicted octanol–water partition coefficient (Wildman–Crippen LogP) is 2.08. The third-order valence-corrected chi connectivity index (χ3v) is 3.70. The first kappa shape index (κ1) is 15.0. The molecule has 0 aromatic carbocycles. The van der Waals surface area contributed by atoms with Crippen LogP contribution < -0.4 is 5.32 Å². The van der Waals surface area contributed by atoms with Crippen molar-refractivity contribution in [2.24, 2.45) is 0 Å². The second kappa shape index (κ2) is 4.90. The normalized spacial score (nSPS) is 24.1. The summed E-state index contributed by atoms with van der Waals surface area (Å²) >= 11 is 0. The van der Waals surface area contributed by atoms with E-state index < -0.39 is 5.54 Å². The van der Waals surface area contributed by atoms with Crippen LogP contribution in [-0.2, 0) is 9.59 Å². The summed E-state index contributed by atoms with van der Waals surface area (Å²) in [6.07, 6.45) is 2.55.